The number of carbonyl (C=O) groups is 1. The minimum absolute atomic E-state index is 0.0701. The molecule has 0 heterocycles. The van der Waals surface area contributed by atoms with Crippen molar-refractivity contribution >= 4 is 5.91 Å². The summed E-state index contributed by atoms with van der Waals surface area (Å²) in [5, 5.41) is 9.98. The molecule has 0 aromatic heterocycles. The molecule has 0 spiro atoms. The van der Waals surface area contributed by atoms with E-state index in [0.717, 1.165) is 6.54 Å². The second kappa shape index (κ2) is 5.29. The molecular weight excluding hydrogens is 230 g/mol. The zero-order valence-electron chi connectivity index (χ0n) is 10.8. The number of methoxy groups -OCH3 is 1. The Hall–Kier alpha value is -1.71. The Balaban J connectivity index is 2.20. The van der Waals surface area contributed by atoms with E-state index in [-0.39, 0.29) is 11.7 Å². The van der Waals surface area contributed by atoms with E-state index < -0.39 is 0 Å². The zero-order valence-corrected chi connectivity index (χ0v) is 10.8. The number of nitrogens with zero attached hydrogens (tertiary/aromatic N) is 1. The lowest BCUT2D eigenvalue weighted by Crippen LogP contribution is -2.32. The first-order valence-electron chi connectivity index (χ1n) is 6.32. The third-order valence-corrected chi connectivity index (χ3v) is 3.29. The molecule has 0 saturated heterocycles. The minimum Gasteiger partial charge on any atom is -0.504 e. The maximum atomic E-state index is 12.3. The van der Waals surface area contributed by atoms with Crippen LogP contribution in [0.5, 0.6) is 11.5 Å². The lowest BCUT2D eigenvalue weighted by molar-refractivity contribution is 0.0753. The Labute approximate surface area is 107 Å². The van der Waals surface area contributed by atoms with Crippen molar-refractivity contribution in [1.82, 2.24) is 4.90 Å². The number of amides is 1. The first kappa shape index (κ1) is 12.7. The predicted molar refractivity (Wildman–Crippen MR) is 69.0 cm³/mol. The maximum absolute atomic E-state index is 12.3. The number of aromatic hydroxyl groups is 1. The summed E-state index contributed by atoms with van der Waals surface area (Å²) in [6, 6.07) is 5.00. The van der Waals surface area contributed by atoms with Crippen LogP contribution < -0.4 is 4.74 Å². The molecule has 0 atom stereocenters. The topological polar surface area (TPSA) is 49.8 Å². The number of ether oxygens (including phenoxy) is 1. The number of carbonyl (C=O) groups excluding carboxylic acids is 1. The molecule has 1 aliphatic carbocycles. The van der Waals surface area contributed by atoms with Gasteiger partial charge < -0.3 is 14.7 Å². The number of phenolic OH excluding ortho intramolecular Hbond substituents is 1. The lowest BCUT2D eigenvalue weighted by Gasteiger charge is -2.21. The molecule has 1 aromatic carbocycles. The molecule has 0 bridgehead atoms. The van der Waals surface area contributed by atoms with Crippen LogP contribution in [-0.2, 0) is 0 Å². The van der Waals surface area contributed by atoms with Crippen molar-refractivity contribution in [2.24, 2.45) is 5.92 Å². The molecule has 98 valence electrons. The largest absolute Gasteiger partial charge is 0.504 e. The average Bonchev–Trinajstić information content (AvgIpc) is 3.19. The highest BCUT2D eigenvalue weighted by atomic mass is 16.5. The van der Waals surface area contributed by atoms with Gasteiger partial charge in [-0.25, -0.2) is 0 Å². The summed E-state index contributed by atoms with van der Waals surface area (Å²) in [7, 11) is 1.48. The van der Waals surface area contributed by atoms with Crippen molar-refractivity contribution in [2.45, 2.75) is 19.8 Å². The molecule has 1 aromatic rings. The molecule has 18 heavy (non-hydrogen) atoms. The lowest BCUT2D eigenvalue weighted by atomic mass is 10.1. The van der Waals surface area contributed by atoms with E-state index in [1.54, 1.807) is 23.1 Å². The van der Waals surface area contributed by atoms with Crippen molar-refractivity contribution in [3.8, 4) is 11.5 Å². The molecule has 2 rings (SSSR count). The first-order chi connectivity index (χ1) is 8.67. The van der Waals surface area contributed by atoms with Gasteiger partial charge in [0.05, 0.1) is 12.7 Å². The van der Waals surface area contributed by atoms with Gasteiger partial charge in [0, 0.05) is 13.1 Å². The summed E-state index contributed by atoms with van der Waals surface area (Å²) < 4.78 is 5.02. The molecule has 0 aliphatic heterocycles. The molecule has 1 N–H and O–H groups in total. The van der Waals surface area contributed by atoms with Gasteiger partial charge in [0.25, 0.3) is 5.91 Å². The van der Waals surface area contributed by atoms with Gasteiger partial charge >= 0.3 is 0 Å². The Morgan fingerprint density at radius 2 is 2.22 bits per heavy atom. The smallest absolute Gasteiger partial charge is 0.257 e. The third-order valence-electron chi connectivity index (χ3n) is 3.29. The van der Waals surface area contributed by atoms with E-state index in [1.807, 2.05) is 6.92 Å². The summed E-state index contributed by atoms with van der Waals surface area (Å²) in [5.41, 5.74) is 0.317. The maximum Gasteiger partial charge on any atom is 0.257 e. The minimum atomic E-state index is -0.124. The molecule has 0 radical (unpaired) electrons. The predicted octanol–water partition coefficient (Wildman–Crippen LogP) is 2.27. The van der Waals surface area contributed by atoms with Gasteiger partial charge in [-0.15, -0.1) is 0 Å². The number of hydrogen-bond acceptors (Lipinski definition) is 3. The molecule has 1 aliphatic rings. The monoisotopic (exact) mass is 249 g/mol. The Morgan fingerprint density at radius 1 is 1.50 bits per heavy atom. The van der Waals surface area contributed by atoms with E-state index in [1.165, 1.54) is 20.0 Å². The van der Waals surface area contributed by atoms with Crippen molar-refractivity contribution in [3.05, 3.63) is 23.8 Å². The highest BCUT2D eigenvalue weighted by molar-refractivity contribution is 5.97. The zero-order chi connectivity index (χ0) is 13.1. The van der Waals surface area contributed by atoms with Gasteiger partial charge in [0.1, 0.15) is 0 Å². The van der Waals surface area contributed by atoms with Crippen molar-refractivity contribution in [1.29, 1.82) is 0 Å². The SMILES string of the molecule is CCN(CC1CC1)C(=O)c1cccc(OC)c1O. The highest BCUT2D eigenvalue weighted by Gasteiger charge is 2.27. The van der Waals surface area contributed by atoms with Crippen LogP contribution in [0.15, 0.2) is 18.2 Å². The molecule has 4 nitrogen and oxygen atoms in total. The van der Waals surface area contributed by atoms with Gasteiger partial charge in [-0.1, -0.05) is 6.07 Å². The van der Waals surface area contributed by atoms with E-state index in [0.29, 0.717) is 23.8 Å². The fourth-order valence-electron chi connectivity index (χ4n) is 2.00. The van der Waals surface area contributed by atoms with Crippen molar-refractivity contribution < 1.29 is 14.6 Å². The van der Waals surface area contributed by atoms with Crippen LogP contribution in [0, 0.1) is 5.92 Å². The van der Waals surface area contributed by atoms with Crippen LogP contribution >= 0.6 is 0 Å². The number of benzene rings is 1. The van der Waals surface area contributed by atoms with E-state index in [2.05, 4.69) is 0 Å². The summed E-state index contributed by atoms with van der Waals surface area (Å²) in [5.74, 6) is 0.782. The molecule has 4 heteroatoms. The van der Waals surface area contributed by atoms with Gasteiger partial charge in [0.15, 0.2) is 11.5 Å². The number of rotatable bonds is 5. The second-order valence-electron chi connectivity index (χ2n) is 4.64. The van der Waals surface area contributed by atoms with Crippen molar-refractivity contribution in [2.75, 3.05) is 20.2 Å². The standard InChI is InChI=1S/C14H19NO3/c1-3-15(9-10-7-8-10)14(17)11-5-4-6-12(18-2)13(11)16/h4-6,10,16H,3,7-9H2,1-2H3. The van der Waals surface area contributed by atoms with Gasteiger partial charge in [0.2, 0.25) is 0 Å². The van der Waals surface area contributed by atoms with Crippen LogP contribution in [0.2, 0.25) is 0 Å². The van der Waals surface area contributed by atoms with Gasteiger partial charge in [-0.05, 0) is 37.8 Å². The van der Waals surface area contributed by atoms with Gasteiger partial charge in [-0.2, -0.15) is 0 Å². The highest BCUT2D eigenvalue weighted by Crippen LogP contribution is 2.33. The first-order valence-corrected chi connectivity index (χ1v) is 6.32. The normalized spacial score (nSPS) is 14.3. The van der Waals surface area contributed by atoms with Crippen LogP contribution in [0.4, 0.5) is 0 Å². The summed E-state index contributed by atoms with van der Waals surface area (Å²) in [6.07, 6.45) is 2.40. The fourth-order valence-corrected chi connectivity index (χ4v) is 2.00. The number of phenols is 1. The summed E-state index contributed by atoms with van der Waals surface area (Å²) >= 11 is 0. The third kappa shape index (κ3) is 2.58. The van der Waals surface area contributed by atoms with E-state index in [4.69, 9.17) is 4.74 Å². The van der Waals surface area contributed by atoms with E-state index in [9.17, 15) is 9.90 Å². The summed E-state index contributed by atoms with van der Waals surface area (Å²) in [4.78, 5) is 14.1. The molecular formula is C14H19NO3. The Kier molecular flexibility index (Phi) is 3.75. The Bertz CT molecular complexity index is 441. The Morgan fingerprint density at radius 3 is 2.78 bits per heavy atom. The van der Waals surface area contributed by atoms with Crippen molar-refractivity contribution in [3.63, 3.8) is 0 Å². The van der Waals surface area contributed by atoms with Crippen LogP contribution in [0.25, 0.3) is 0 Å². The number of para-hydroxylation sites is 1. The molecule has 1 saturated carbocycles. The molecule has 1 amide bonds. The summed E-state index contributed by atoms with van der Waals surface area (Å²) in [6.45, 7) is 3.40. The molecule has 1 fully saturated rings. The van der Waals surface area contributed by atoms with Crippen LogP contribution in [0.1, 0.15) is 30.1 Å². The van der Waals surface area contributed by atoms with Crippen LogP contribution in [-0.4, -0.2) is 36.1 Å². The molecule has 0 unspecified atom stereocenters. The second-order valence-corrected chi connectivity index (χ2v) is 4.64. The van der Waals surface area contributed by atoms with Crippen LogP contribution in [0.3, 0.4) is 0 Å². The quantitative estimate of drug-likeness (QED) is 0.871. The number of hydrogen-bond donors (Lipinski definition) is 1. The van der Waals surface area contributed by atoms with Gasteiger partial charge in [-0.3, -0.25) is 4.79 Å². The fraction of sp³-hybridized carbons (Fsp3) is 0.500. The average molecular weight is 249 g/mol. The van der Waals surface area contributed by atoms with E-state index >= 15 is 0 Å².